The predicted molar refractivity (Wildman–Crippen MR) is 75.0 cm³/mol. The van der Waals surface area contributed by atoms with Crippen LogP contribution >= 0.6 is 11.3 Å². The van der Waals surface area contributed by atoms with Crippen LogP contribution < -0.4 is 0 Å². The standard InChI is InChI=1S/C14H10F2N4S/c1-7(2)12-11(6-17)20-14(18-12)21-13(19-20)8-3-4-9(15)10(16)5-8/h3-5,7H,1-2H3. The highest BCUT2D eigenvalue weighted by Gasteiger charge is 2.19. The molecule has 0 saturated carbocycles. The van der Waals surface area contributed by atoms with E-state index in [0.717, 1.165) is 12.1 Å². The molecule has 0 fully saturated rings. The van der Waals surface area contributed by atoms with Gasteiger partial charge in [0.15, 0.2) is 17.3 Å². The Labute approximate surface area is 123 Å². The van der Waals surface area contributed by atoms with Crippen LogP contribution in [-0.4, -0.2) is 14.6 Å². The highest BCUT2D eigenvalue weighted by atomic mass is 32.1. The summed E-state index contributed by atoms with van der Waals surface area (Å²) in [6.45, 7) is 3.90. The average molecular weight is 304 g/mol. The van der Waals surface area contributed by atoms with Crippen LogP contribution in [0, 0.1) is 23.0 Å². The zero-order valence-corrected chi connectivity index (χ0v) is 12.1. The second-order valence-corrected chi connectivity index (χ2v) is 5.80. The van der Waals surface area contributed by atoms with Crippen LogP contribution in [0.3, 0.4) is 0 Å². The molecule has 1 aromatic carbocycles. The fourth-order valence-electron chi connectivity index (χ4n) is 2.02. The van der Waals surface area contributed by atoms with E-state index >= 15 is 0 Å². The minimum absolute atomic E-state index is 0.111. The van der Waals surface area contributed by atoms with Crippen LogP contribution in [0.4, 0.5) is 8.78 Å². The Kier molecular flexibility index (Phi) is 3.18. The van der Waals surface area contributed by atoms with Crippen molar-refractivity contribution in [2.75, 3.05) is 0 Å². The van der Waals surface area contributed by atoms with E-state index in [4.69, 9.17) is 0 Å². The smallest absolute Gasteiger partial charge is 0.213 e. The first kappa shape index (κ1) is 13.6. The summed E-state index contributed by atoms with van der Waals surface area (Å²) in [7, 11) is 0. The first-order valence-electron chi connectivity index (χ1n) is 6.26. The Morgan fingerprint density at radius 3 is 2.67 bits per heavy atom. The van der Waals surface area contributed by atoms with Gasteiger partial charge in [-0.1, -0.05) is 25.2 Å². The molecule has 0 aliphatic heterocycles. The van der Waals surface area contributed by atoms with Crippen molar-refractivity contribution in [2.24, 2.45) is 0 Å². The van der Waals surface area contributed by atoms with Crippen molar-refractivity contribution in [1.29, 1.82) is 5.26 Å². The summed E-state index contributed by atoms with van der Waals surface area (Å²) >= 11 is 1.23. The van der Waals surface area contributed by atoms with Crippen LogP contribution in [-0.2, 0) is 0 Å². The second kappa shape index (κ2) is 4.90. The molecule has 0 N–H and O–H groups in total. The lowest BCUT2D eigenvalue weighted by Crippen LogP contribution is -1.95. The Bertz CT molecular complexity index is 873. The van der Waals surface area contributed by atoms with E-state index in [1.54, 1.807) is 0 Å². The molecule has 0 radical (unpaired) electrons. The largest absolute Gasteiger partial charge is 0.221 e. The van der Waals surface area contributed by atoms with Gasteiger partial charge in [0, 0.05) is 5.56 Å². The predicted octanol–water partition coefficient (Wildman–Crippen LogP) is 3.73. The zero-order valence-electron chi connectivity index (χ0n) is 11.3. The number of nitriles is 1. The molecule has 4 nitrogen and oxygen atoms in total. The van der Waals surface area contributed by atoms with E-state index in [0.29, 0.717) is 26.9 Å². The molecular formula is C14H10F2N4S. The molecule has 7 heteroatoms. The molecule has 2 aromatic heterocycles. The van der Waals surface area contributed by atoms with E-state index in [9.17, 15) is 14.0 Å². The van der Waals surface area contributed by atoms with Gasteiger partial charge in [0.1, 0.15) is 11.1 Å². The van der Waals surface area contributed by atoms with Crippen molar-refractivity contribution in [2.45, 2.75) is 19.8 Å². The molecule has 3 rings (SSSR count). The van der Waals surface area contributed by atoms with Gasteiger partial charge in [0.05, 0.1) is 5.69 Å². The summed E-state index contributed by atoms with van der Waals surface area (Å²) < 4.78 is 27.7. The minimum Gasteiger partial charge on any atom is -0.221 e. The van der Waals surface area contributed by atoms with E-state index in [1.165, 1.54) is 21.9 Å². The fourth-order valence-corrected chi connectivity index (χ4v) is 2.92. The molecular weight excluding hydrogens is 294 g/mol. The van der Waals surface area contributed by atoms with Crippen LogP contribution in [0.15, 0.2) is 18.2 Å². The van der Waals surface area contributed by atoms with Crippen LogP contribution in [0.25, 0.3) is 15.5 Å². The molecule has 2 heterocycles. The molecule has 0 spiro atoms. The molecule has 0 aliphatic rings. The van der Waals surface area contributed by atoms with E-state index < -0.39 is 11.6 Å². The Hall–Kier alpha value is -2.33. The third-order valence-electron chi connectivity index (χ3n) is 3.05. The number of imidazole rings is 1. The van der Waals surface area contributed by atoms with Gasteiger partial charge in [-0.25, -0.2) is 13.8 Å². The number of aromatic nitrogens is 3. The molecule has 0 aliphatic carbocycles. The SMILES string of the molecule is CC(C)c1nc2sc(-c3ccc(F)c(F)c3)nn2c1C#N. The summed E-state index contributed by atoms with van der Waals surface area (Å²) in [4.78, 5) is 4.96. The number of nitrogens with zero attached hydrogens (tertiary/aromatic N) is 4. The Morgan fingerprint density at radius 1 is 1.29 bits per heavy atom. The third kappa shape index (κ3) is 2.17. The second-order valence-electron chi connectivity index (χ2n) is 4.84. The monoisotopic (exact) mass is 304 g/mol. The fraction of sp³-hybridized carbons (Fsp3) is 0.214. The molecule has 0 saturated heterocycles. The lowest BCUT2D eigenvalue weighted by atomic mass is 10.1. The third-order valence-corrected chi connectivity index (χ3v) is 4.01. The van der Waals surface area contributed by atoms with Crippen LogP contribution in [0.2, 0.25) is 0 Å². The summed E-state index contributed by atoms with van der Waals surface area (Å²) in [6, 6.07) is 5.69. The van der Waals surface area contributed by atoms with Crippen molar-refractivity contribution in [3.8, 4) is 16.6 Å². The van der Waals surface area contributed by atoms with E-state index in [1.807, 2.05) is 13.8 Å². The van der Waals surface area contributed by atoms with Gasteiger partial charge in [0.25, 0.3) is 0 Å². The normalized spacial score (nSPS) is 11.2. The molecule has 0 bridgehead atoms. The highest BCUT2D eigenvalue weighted by molar-refractivity contribution is 7.19. The van der Waals surface area contributed by atoms with Gasteiger partial charge in [-0.05, 0) is 24.1 Å². The first-order valence-corrected chi connectivity index (χ1v) is 7.08. The highest BCUT2D eigenvalue weighted by Crippen LogP contribution is 2.29. The van der Waals surface area contributed by atoms with Gasteiger partial charge < -0.3 is 0 Å². The van der Waals surface area contributed by atoms with Gasteiger partial charge in [0.2, 0.25) is 4.96 Å². The quantitative estimate of drug-likeness (QED) is 0.725. The van der Waals surface area contributed by atoms with Gasteiger partial charge in [-0.3, -0.25) is 0 Å². The first-order chi connectivity index (χ1) is 10.0. The summed E-state index contributed by atoms with van der Waals surface area (Å²) in [6.07, 6.45) is 0. The number of hydrogen-bond donors (Lipinski definition) is 0. The summed E-state index contributed by atoms with van der Waals surface area (Å²) in [5, 5.41) is 14.0. The van der Waals surface area contributed by atoms with Crippen molar-refractivity contribution in [3.05, 3.63) is 41.2 Å². The minimum atomic E-state index is -0.927. The molecule has 0 amide bonds. The maximum absolute atomic E-state index is 13.3. The average Bonchev–Trinajstić information content (AvgIpc) is 2.98. The lowest BCUT2D eigenvalue weighted by Gasteiger charge is -1.99. The van der Waals surface area contributed by atoms with Crippen LogP contribution in [0.5, 0.6) is 0 Å². The molecule has 106 valence electrons. The van der Waals surface area contributed by atoms with Crippen LogP contribution in [0.1, 0.15) is 31.2 Å². The van der Waals surface area contributed by atoms with Gasteiger partial charge in [-0.15, -0.1) is 0 Å². The van der Waals surface area contributed by atoms with Gasteiger partial charge >= 0.3 is 0 Å². The molecule has 3 aromatic rings. The van der Waals surface area contributed by atoms with Crippen molar-refractivity contribution < 1.29 is 8.78 Å². The van der Waals surface area contributed by atoms with E-state index in [2.05, 4.69) is 16.2 Å². The van der Waals surface area contributed by atoms with Crippen molar-refractivity contribution in [3.63, 3.8) is 0 Å². The molecule has 21 heavy (non-hydrogen) atoms. The Balaban J connectivity index is 2.16. The van der Waals surface area contributed by atoms with Crippen molar-refractivity contribution in [1.82, 2.24) is 14.6 Å². The summed E-state index contributed by atoms with van der Waals surface area (Å²) in [5.41, 5.74) is 1.53. The number of halogens is 2. The topological polar surface area (TPSA) is 54.0 Å². The summed E-state index contributed by atoms with van der Waals surface area (Å²) in [5.74, 6) is -1.72. The maximum Gasteiger partial charge on any atom is 0.213 e. The lowest BCUT2D eigenvalue weighted by molar-refractivity contribution is 0.509. The maximum atomic E-state index is 13.3. The van der Waals surface area contributed by atoms with E-state index in [-0.39, 0.29) is 5.92 Å². The number of fused-ring (bicyclic) bond motifs is 1. The Morgan fingerprint density at radius 2 is 2.05 bits per heavy atom. The van der Waals surface area contributed by atoms with Gasteiger partial charge in [-0.2, -0.15) is 14.9 Å². The number of benzene rings is 1. The zero-order chi connectivity index (χ0) is 15.1. The molecule has 0 atom stereocenters. The van der Waals surface area contributed by atoms with Crippen molar-refractivity contribution >= 4 is 16.3 Å². The number of hydrogen-bond acceptors (Lipinski definition) is 4. The number of rotatable bonds is 2. The molecule has 0 unspecified atom stereocenters.